The zero-order valence-electron chi connectivity index (χ0n) is 11.2. The van der Waals surface area contributed by atoms with E-state index in [0.29, 0.717) is 17.2 Å². The first kappa shape index (κ1) is 13.3. The fraction of sp³-hybridized carbons (Fsp3) is 0.357. The van der Waals surface area contributed by atoms with Crippen molar-refractivity contribution in [1.29, 1.82) is 0 Å². The minimum Gasteiger partial charge on any atom is -0.359 e. The SMILES string of the molecule is Cc1cc([C@H]2CCCN2S(=O)(=O)c2ccccc2)on1. The van der Waals surface area contributed by atoms with Gasteiger partial charge in [0.1, 0.15) is 0 Å². The summed E-state index contributed by atoms with van der Waals surface area (Å²) in [7, 11) is -3.48. The van der Waals surface area contributed by atoms with Gasteiger partial charge in [0, 0.05) is 12.6 Å². The monoisotopic (exact) mass is 292 g/mol. The molecule has 106 valence electrons. The lowest BCUT2D eigenvalue weighted by Gasteiger charge is -2.22. The van der Waals surface area contributed by atoms with Crippen LogP contribution < -0.4 is 0 Å². The number of benzene rings is 1. The van der Waals surface area contributed by atoms with Crippen LogP contribution in [0.15, 0.2) is 45.8 Å². The minimum atomic E-state index is -3.48. The van der Waals surface area contributed by atoms with Gasteiger partial charge in [-0.05, 0) is 31.9 Å². The van der Waals surface area contributed by atoms with E-state index in [9.17, 15) is 8.42 Å². The van der Waals surface area contributed by atoms with E-state index in [0.717, 1.165) is 18.5 Å². The van der Waals surface area contributed by atoms with Crippen LogP contribution in [0.25, 0.3) is 0 Å². The molecule has 0 N–H and O–H groups in total. The smallest absolute Gasteiger partial charge is 0.243 e. The van der Waals surface area contributed by atoms with E-state index < -0.39 is 10.0 Å². The van der Waals surface area contributed by atoms with Gasteiger partial charge in [-0.3, -0.25) is 0 Å². The van der Waals surface area contributed by atoms with Gasteiger partial charge in [0.2, 0.25) is 10.0 Å². The molecule has 1 aromatic heterocycles. The quantitative estimate of drug-likeness (QED) is 0.872. The van der Waals surface area contributed by atoms with Crippen LogP contribution in [0.4, 0.5) is 0 Å². The highest BCUT2D eigenvalue weighted by atomic mass is 32.2. The van der Waals surface area contributed by atoms with Gasteiger partial charge in [-0.1, -0.05) is 23.4 Å². The summed E-state index contributed by atoms with van der Waals surface area (Å²) < 4.78 is 32.1. The van der Waals surface area contributed by atoms with Crippen molar-refractivity contribution in [3.05, 3.63) is 47.9 Å². The molecule has 0 radical (unpaired) electrons. The Morgan fingerprint density at radius 2 is 2.05 bits per heavy atom. The Morgan fingerprint density at radius 3 is 2.70 bits per heavy atom. The summed E-state index contributed by atoms with van der Waals surface area (Å²) in [4.78, 5) is 0.322. The molecule has 2 heterocycles. The molecular formula is C14H16N2O3S. The molecule has 0 aliphatic carbocycles. The molecule has 1 atom stereocenters. The lowest BCUT2D eigenvalue weighted by Crippen LogP contribution is -2.30. The number of aryl methyl sites for hydroxylation is 1. The highest BCUT2D eigenvalue weighted by Gasteiger charge is 2.38. The molecule has 3 rings (SSSR count). The third kappa shape index (κ3) is 2.25. The Hall–Kier alpha value is -1.66. The molecule has 1 aromatic carbocycles. The summed E-state index contributed by atoms with van der Waals surface area (Å²) in [5, 5.41) is 3.85. The summed E-state index contributed by atoms with van der Waals surface area (Å²) in [6, 6.07) is 10.1. The fourth-order valence-electron chi connectivity index (χ4n) is 2.58. The molecule has 1 fully saturated rings. The first-order valence-corrected chi connectivity index (χ1v) is 8.03. The van der Waals surface area contributed by atoms with E-state index in [1.54, 1.807) is 30.3 Å². The average molecular weight is 292 g/mol. The van der Waals surface area contributed by atoms with Crippen molar-refractivity contribution in [2.24, 2.45) is 0 Å². The first-order valence-electron chi connectivity index (χ1n) is 6.59. The maximum Gasteiger partial charge on any atom is 0.243 e. The summed E-state index contributed by atoms with van der Waals surface area (Å²) in [6.07, 6.45) is 1.59. The molecule has 1 aliphatic heterocycles. The Balaban J connectivity index is 1.97. The van der Waals surface area contributed by atoms with Crippen LogP contribution in [-0.4, -0.2) is 24.4 Å². The highest BCUT2D eigenvalue weighted by molar-refractivity contribution is 7.89. The van der Waals surface area contributed by atoms with Crippen molar-refractivity contribution in [3.63, 3.8) is 0 Å². The summed E-state index contributed by atoms with van der Waals surface area (Å²) in [6.45, 7) is 2.35. The van der Waals surface area contributed by atoms with Crippen LogP contribution in [0.2, 0.25) is 0 Å². The Kier molecular flexibility index (Phi) is 3.35. The van der Waals surface area contributed by atoms with Crippen LogP contribution in [0.3, 0.4) is 0 Å². The van der Waals surface area contributed by atoms with Crippen molar-refractivity contribution in [3.8, 4) is 0 Å². The summed E-state index contributed by atoms with van der Waals surface area (Å²) in [5.41, 5.74) is 0.768. The standard InChI is InChI=1S/C14H16N2O3S/c1-11-10-14(19-15-11)13-8-5-9-16(13)20(17,18)12-6-3-2-4-7-12/h2-4,6-7,10,13H,5,8-9H2,1H3/t13-/m1/s1. The predicted octanol–water partition coefficient (Wildman–Crippen LogP) is 2.51. The Morgan fingerprint density at radius 1 is 1.30 bits per heavy atom. The number of rotatable bonds is 3. The van der Waals surface area contributed by atoms with Crippen LogP contribution >= 0.6 is 0 Å². The first-order chi connectivity index (χ1) is 9.59. The van der Waals surface area contributed by atoms with Crippen LogP contribution in [-0.2, 0) is 10.0 Å². The molecule has 6 heteroatoms. The third-order valence-corrected chi connectivity index (χ3v) is 5.45. The topological polar surface area (TPSA) is 63.4 Å². The van der Waals surface area contributed by atoms with Crippen LogP contribution in [0, 0.1) is 6.92 Å². The number of sulfonamides is 1. The van der Waals surface area contributed by atoms with Gasteiger partial charge >= 0.3 is 0 Å². The summed E-state index contributed by atoms with van der Waals surface area (Å²) >= 11 is 0. The van der Waals surface area contributed by atoms with E-state index in [-0.39, 0.29) is 6.04 Å². The van der Waals surface area contributed by atoms with Gasteiger partial charge < -0.3 is 4.52 Å². The number of hydrogen-bond donors (Lipinski definition) is 0. The molecular weight excluding hydrogens is 276 g/mol. The van der Waals surface area contributed by atoms with Gasteiger partial charge in [0.25, 0.3) is 0 Å². The van der Waals surface area contributed by atoms with E-state index >= 15 is 0 Å². The predicted molar refractivity (Wildman–Crippen MR) is 73.5 cm³/mol. The molecule has 0 saturated carbocycles. The van der Waals surface area contributed by atoms with Crippen LogP contribution in [0.1, 0.15) is 30.3 Å². The van der Waals surface area contributed by atoms with Crippen molar-refractivity contribution < 1.29 is 12.9 Å². The van der Waals surface area contributed by atoms with Gasteiger partial charge in [-0.15, -0.1) is 0 Å². The third-order valence-electron chi connectivity index (χ3n) is 3.53. The zero-order chi connectivity index (χ0) is 14.2. The number of hydrogen-bond acceptors (Lipinski definition) is 4. The normalized spacial score (nSPS) is 20.4. The van der Waals surface area contributed by atoms with E-state index in [1.807, 2.05) is 13.0 Å². The van der Waals surface area contributed by atoms with Gasteiger partial charge in [0.05, 0.1) is 16.6 Å². The molecule has 1 aliphatic rings. The second kappa shape index (κ2) is 5.03. The maximum absolute atomic E-state index is 12.7. The summed E-state index contributed by atoms with van der Waals surface area (Å²) in [5.74, 6) is 0.625. The van der Waals surface area contributed by atoms with Crippen molar-refractivity contribution >= 4 is 10.0 Å². The second-order valence-corrected chi connectivity index (χ2v) is 6.85. The van der Waals surface area contributed by atoms with E-state index in [4.69, 9.17) is 4.52 Å². The molecule has 0 amide bonds. The molecule has 5 nitrogen and oxygen atoms in total. The Labute approximate surface area is 118 Å². The van der Waals surface area contributed by atoms with Gasteiger partial charge in [-0.25, -0.2) is 8.42 Å². The van der Waals surface area contributed by atoms with Crippen molar-refractivity contribution in [2.75, 3.05) is 6.54 Å². The molecule has 0 unspecified atom stereocenters. The molecule has 1 saturated heterocycles. The molecule has 2 aromatic rings. The molecule has 0 bridgehead atoms. The molecule has 0 spiro atoms. The average Bonchev–Trinajstić information content (AvgIpc) is 3.08. The minimum absolute atomic E-state index is 0.249. The molecule has 20 heavy (non-hydrogen) atoms. The van der Waals surface area contributed by atoms with Gasteiger partial charge in [0.15, 0.2) is 5.76 Å². The van der Waals surface area contributed by atoms with E-state index in [1.165, 1.54) is 4.31 Å². The zero-order valence-corrected chi connectivity index (χ0v) is 12.0. The second-order valence-electron chi connectivity index (χ2n) is 4.96. The highest BCUT2D eigenvalue weighted by Crippen LogP contribution is 2.36. The van der Waals surface area contributed by atoms with Gasteiger partial charge in [-0.2, -0.15) is 4.31 Å². The van der Waals surface area contributed by atoms with Crippen LogP contribution in [0.5, 0.6) is 0 Å². The van der Waals surface area contributed by atoms with Crippen molar-refractivity contribution in [1.82, 2.24) is 9.46 Å². The lowest BCUT2D eigenvalue weighted by molar-refractivity contribution is 0.297. The fourth-order valence-corrected chi connectivity index (χ4v) is 4.27. The lowest BCUT2D eigenvalue weighted by atomic mass is 10.2. The largest absolute Gasteiger partial charge is 0.359 e. The van der Waals surface area contributed by atoms with Crippen molar-refractivity contribution in [2.45, 2.75) is 30.7 Å². The maximum atomic E-state index is 12.7. The Bertz CT molecular complexity index is 694. The number of aromatic nitrogens is 1. The number of nitrogens with zero attached hydrogens (tertiary/aromatic N) is 2. The van der Waals surface area contributed by atoms with E-state index in [2.05, 4.69) is 5.16 Å².